The normalized spacial score (nSPS) is 30.9. The monoisotopic (exact) mass is 198 g/mol. The molecule has 14 heavy (non-hydrogen) atoms. The van der Waals surface area contributed by atoms with Gasteiger partial charge in [-0.3, -0.25) is 4.90 Å². The van der Waals surface area contributed by atoms with Crippen LogP contribution in [-0.4, -0.2) is 54.7 Å². The number of hydrogen-bond acceptors (Lipinski definition) is 3. The van der Waals surface area contributed by atoms with E-state index in [4.69, 9.17) is 4.74 Å². The number of rotatable bonds is 1. The van der Waals surface area contributed by atoms with Gasteiger partial charge in [0.15, 0.2) is 0 Å². The van der Waals surface area contributed by atoms with Crippen molar-refractivity contribution >= 4 is 6.09 Å². The van der Waals surface area contributed by atoms with E-state index >= 15 is 0 Å². The molecule has 4 nitrogen and oxygen atoms in total. The smallest absolute Gasteiger partial charge is 0.410 e. The van der Waals surface area contributed by atoms with Crippen molar-refractivity contribution in [2.45, 2.75) is 31.8 Å². The van der Waals surface area contributed by atoms with E-state index in [2.05, 4.69) is 18.9 Å². The van der Waals surface area contributed by atoms with E-state index < -0.39 is 0 Å². The number of carbonyl (C=O) groups is 1. The van der Waals surface area contributed by atoms with Crippen LogP contribution in [0.2, 0.25) is 0 Å². The van der Waals surface area contributed by atoms with E-state index in [1.165, 1.54) is 0 Å². The summed E-state index contributed by atoms with van der Waals surface area (Å²) < 4.78 is 5.03. The van der Waals surface area contributed by atoms with Crippen molar-refractivity contribution in [3.05, 3.63) is 0 Å². The molecule has 0 aromatic carbocycles. The van der Waals surface area contributed by atoms with Crippen molar-refractivity contribution in [2.75, 3.05) is 26.7 Å². The first-order valence-corrected chi connectivity index (χ1v) is 5.32. The first-order valence-electron chi connectivity index (χ1n) is 5.32. The molecule has 4 heteroatoms. The van der Waals surface area contributed by atoms with Gasteiger partial charge in [-0.2, -0.15) is 0 Å². The molecule has 0 aliphatic carbocycles. The highest BCUT2D eigenvalue weighted by atomic mass is 16.6. The molecule has 2 fully saturated rings. The molecule has 2 saturated heterocycles. The highest BCUT2D eigenvalue weighted by molar-refractivity contribution is 5.70. The molecule has 0 saturated carbocycles. The van der Waals surface area contributed by atoms with Crippen LogP contribution in [0.4, 0.5) is 4.79 Å². The maximum atomic E-state index is 11.5. The molecule has 0 unspecified atom stereocenters. The lowest BCUT2D eigenvalue weighted by molar-refractivity contribution is 0.117. The summed E-state index contributed by atoms with van der Waals surface area (Å²) in [5.74, 6) is 0. The summed E-state index contributed by atoms with van der Waals surface area (Å²) in [7, 11) is 2.13. The Kier molecular flexibility index (Phi) is 2.63. The van der Waals surface area contributed by atoms with Crippen molar-refractivity contribution in [1.29, 1.82) is 0 Å². The summed E-state index contributed by atoms with van der Waals surface area (Å²) in [6.07, 6.45) is 2.04. The van der Waals surface area contributed by atoms with Gasteiger partial charge in [-0.15, -0.1) is 0 Å². The minimum Gasteiger partial charge on any atom is -0.447 e. The van der Waals surface area contributed by atoms with Gasteiger partial charge in [0.1, 0.15) is 6.61 Å². The van der Waals surface area contributed by atoms with Crippen LogP contribution in [0, 0.1) is 0 Å². The van der Waals surface area contributed by atoms with E-state index in [1.54, 1.807) is 0 Å². The lowest BCUT2D eigenvalue weighted by Gasteiger charge is -2.35. The fraction of sp³-hybridized carbons (Fsp3) is 0.900. The summed E-state index contributed by atoms with van der Waals surface area (Å²) in [5, 5.41) is 0. The van der Waals surface area contributed by atoms with Crippen LogP contribution in [0.15, 0.2) is 0 Å². The molecule has 0 spiro atoms. The second-order valence-electron chi connectivity index (χ2n) is 4.37. The van der Waals surface area contributed by atoms with Gasteiger partial charge in [0, 0.05) is 6.04 Å². The minimum absolute atomic E-state index is 0.118. The Morgan fingerprint density at radius 2 is 2.00 bits per heavy atom. The standard InChI is InChI=1S/C10H18N2O2/c1-8-7-14-10(13)12(8)9-3-5-11(2)6-4-9/h8-9H,3-7H2,1-2H3/t8-/m1/s1. The fourth-order valence-corrected chi connectivity index (χ4v) is 2.31. The molecule has 0 radical (unpaired) electrons. The largest absolute Gasteiger partial charge is 0.447 e. The Hall–Kier alpha value is -0.770. The van der Waals surface area contributed by atoms with Crippen molar-refractivity contribution in [3.8, 4) is 0 Å². The van der Waals surface area contributed by atoms with Gasteiger partial charge in [0.05, 0.1) is 6.04 Å². The molecule has 2 heterocycles. The Morgan fingerprint density at radius 1 is 1.36 bits per heavy atom. The van der Waals surface area contributed by atoms with Crippen LogP contribution in [0.3, 0.4) is 0 Å². The van der Waals surface area contributed by atoms with Crippen molar-refractivity contribution < 1.29 is 9.53 Å². The maximum absolute atomic E-state index is 11.5. The third-order valence-corrected chi connectivity index (χ3v) is 3.22. The lowest BCUT2D eigenvalue weighted by atomic mass is 10.0. The number of nitrogens with zero attached hydrogens (tertiary/aromatic N) is 2. The van der Waals surface area contributed by atoms with Crippen molar-refractivity contribution in [3.63, 3.8) is 0 Å². The maximum Gasteiger partial charge on any atom is 0.410 e. The lowest BCUT2D eigenvalue weighted by Crippen LogP contribution is -2.46. The van der Waals surface area contributed by atoms with Crippen LogP contribution in [-0.2, 0) is 4.74 Å². The van der Waals surface area contributed by atoms with Gasteiger partial charge in [-0.25, -0.2) is 4.79 Å². The quantitative estimate of drug-likeness (QED) is 0.628. The predicted molar refractivity (Wildman–Crippen MR) is 53.2 cm³/mol. The Bertz CT molecular complexity index is 224. The van der Waals surface area contributed by atoms with Gasteiger partial charge < -0.3 is 9.64 Å². The van der Waals surface area contributed by atoms with E-state index in [0.29, 0.717) is 12.6 Å². The molecule has 0 aromatic rings. The van der Waals surface area contributed by atoms with Gasteiger partial charge in [0.2, 0.25) is 0 Å². The molecule has 0 aromatic heterocycles. The predicted octanol–water partition coefficient (Wildman–Crippen LogP) is 0.921. The topological polar surface area (TPSA) is 32.8 Å². The molecule has 2 aliphatic rings. The third kappa shape index (κ3) is 1.71. The highest BCUT2D eigenvalue weighted by Gasteiger charge is 2.36. The zero-order valence-electron chi connectivity index (χ0n) is 8.90. The van der Waals surface area contributed by atoms with Crippen LogP contribution < -0.4 is 0 Å². The van der Waals surface area contributed by atoms with E-state index in [9.17, 15) is 4.79 Å². The van der Waals surface area contributed by atoms with Gasteiger partial charge in [0.25, 0.3) is 0 Å². The zero-order valence-corrected chi connectivity index (χ0v) is 8.90. The number of likely N-dealkylation sites (tertiary alicyclic amines) is 1. The number of amides is 1. The van der Waals surface area contributed by atoms with E-state index in [-0.39, 0.29) is 12.1 Å². The zero-order chi connectivity index (χ0) is 10.1. The second-order valence-corrected chi connectivity index (χ2v) is 4.37. The van der Waals surface area contributed by atoms with E-state index in [0.717, 1.165) is 25.9 Å². The number of carbonyl (C=O) groups excluding carboxylic acids is 1. The number of ether oxygens (including phenoxy) is 1. The third-order valence-electron chi connectivity index (χ3n) is 3.22. The molecular weight excluding hydrogens is 180 g/mol. The number of hydrogen-bond donors (Lipinski definition) is 0. The molecule has 2 aliphatic heterocycles. The van der Waals surface area contributed by atoms with Gasteiger partial charge >= 0.3 is 6.09 Å². The molecule has 2 rings (SSSR count). The summed E-state index contributed by atoms with van der Waals surface area (Å²) in [4.78, 5) is 15.7. The van der Waals surface area contributed by atoms with Crippen molar-refractivity contribution in [2.24, 2.45) is 0 Å². The van der Waals surface area contributed by atoms with E-state index in [1.807, 2.05) is 4.90 Å². The van der Waals surface area contributed by atoms with Crippen LogP contribution >= 0.6 is 0 Å². The molecule has 0 bridgehead atoms. The van der Waals surface area contributed by atoms with Gasteiger partial charge in [-0.05, 0) is 39.9 Å². The SMILES string of the molecule is C[C@@H]1COC(=O)N1C1CCN(C)CC1. The molecule has 1 atom stereocenters. The summed E-state index contributed by atoms with van der Waals surface area (Å²) in [6, 6.07) is 0.659. The van der Waals surface area contributed by atoms with Crippen LogP contribution in [0.1, 0.15) is 19.8 Å². The Labute approximate surface area is 84.8 Å². The molecular formula is C10H18N2O2. The Morgan fingerprint density at radius 3 is 2.50 bits per heavy atom. The van der Waals surface area contributed by atoms with Crippen LogP contribution in [0.5, 0.6) is 0 Å². The molecule has 0 N–H and O–H groups in total. The van der Waals surface area contributed by atoms with Crippen molar-refractivity contribution in [1.82, 2.24) is 9.80 Å². The Balaban J connectivity index is 1.97. The molecule has 80 valence electrons. The summed E-state index contributed by atoms with van der Waals surface area (Å²) >= 11 is 0. The first kappa shape index (κ1) is 9.77. The van der Waals surface area contributed by atoms with Gasteiger partial charge in [-0.1, -0.05) is 0 Å². The minimum atomic E-state index is -0.118. The summed E-state index contributed by atoms with van der Waals surface area (Å²) in [5.41, 5.74) is 0. The average Bonchev–Trinajstić information content (AvgIpc) is 2.49. The number of piperidine rings is 1. The highest BCUT2D eigenvalue weighted by Crippen LogP contribution is 2.22. The van der Waals surface area contributed by atoms with Crippen LogP contribution in [0.25, 0.3) is 0 Å². The molecule has 1 amide bonds. The fourth-order valence-electron chi connectivity index (χ4n) is 2.31. The average molecular weight is 198 g/mol. The summed E-state index contributed by atoms with van der Waals surface area (Å²) in [6.45, 7) is 4.79. The second kappa shape index (κ2) is 3.77. The number of cyclic esters (lactones) is 1. The first-order chi connectivity index (χ1) is 6.68.